The van der Waals surface area contributed by atoms with Crippen LogP contribution < -0.4 is 15.0 Å². The number of benzene rings is 3. The predicted octanol–water partition coefficient (Wildman–Crippen LogP) is 4.10. The largest absolute Gasteiger partial charge is 0.488 e. The zero-order valence-corrected chi connectivity index (χ0v) is 21.8. The standard InChI is InChI=1S/C26H17IN2O7S/c27-20-11-15(6-9-21(20)36-13-14-4-7-16(8-5-14)24(32)33)10-19-22(30)28-26(37)29(23(19)31)18-3-1-2-17(12-18)25(34)35/h1-12H,13H2,(H,32,33)(H,34,35)(H,28,30,37). The molecular weight excluding hydrogens is 611 g/mol. The summed E-state index contributed by atoms with van der Waals surface area (Å²) in [5.74, 6) is -2.95. The van der Waals surface area contributed by atoms with Crippen LogP contribution >= 0.6 is 34.8 Å². The molecule has 1 fully saturated rings. The van der Waals surface area contributed by atoms with Crippen molar-refractivity contribution in [3.63, 3.8) is 0 Å². The number of hydrogen-bond acceptors (Lipinski definition) is 6. The summed E-state index contributed by atoms with van der Waals surface area (Å²) in [4.78, 5) is 49.2. The molecule has 0 atom stereocenters. The van der Waals surface area contributed by atoms with Gasteiger partial charge in [0.25, 0.3) is 11.8 Å². The van der Waals surface area contributed by atoms with Gasteiger partial charge in [-0.25, -0.2) is 9.59 Å². The van der Waals surface area contributed by atoms with Crippen molar-refractivity contribution in [2.75, 3.05) is 4.90 Å². The lowest BCUT2D eigenvalue weighted by Gasteiger charge is -2.29. The Bertz CT molecular complexity index is 1480. The van der Waals surface area contributed by atoms with Gasteiger partial charge in [-0.15, -0.1) is 0 Å². The van der Waals surface area contributed by atoms with Gasteiger partial charge in [0.05, 0.1) is 20.4 Å². The highest BCUT2D eigenvalue weighted by atomic mass is 127. The normalized spacial score (nSPS) is 14.5. The molecule has 1 heterocycles. The van der Waals surface area contributed by atoms with Gasteiger partial charge >= 0.3 is 11.9 Å². The molecule has 0 saturated carbocycles. The number of thiocarbonyl (C=S) groups is 1. The molecule has 0 aliphatic carbocycles. The Morgan fingerprint density at radius 2 is 1.68 bits per heavy atom. The molecule has 1 saturated heterocycles. The van der Waals surface area contributed by atoms with Gasteiger partial charge in [-0.3, -0.25) is 19.8 Å². The Kier molecular flexibility index (Phi) is 7.64. The molecule has 3 aromatic rings. The second kappa shape index (κ2) is 10.9. The number of rotatable bonds is 7. The fourth-order valence-corrected chi connectivity index (χ4v) is 4.44. The summed E-state index contributed by atoms with van der Waals surface area (Å²) in [6.45, 7) is 0.221. The molecule has 0 spiro atoms. The Hall–Kier alpha value is -4.10. The number of halogens is 1. The molecule has 2 amide bonds. The van der Waals surface area contributed by atoms with Crippen molar-refractivity contribution in [2.45, 2.75) is 6.61 Å². The zero-order valence-electron chi connectivity index (χ0n) is 18.8. The molecule has 37 heavy (non-hydrogen) atoms. The highest BCUT2D eigenvalue weighted by Crippen LogP contribution is 2.27. The molecular formula is C26H17IN2O7S. The topological polar surface area (TPSA) is 133 Å². The quantitative estimate of drug-likeness (QED) is 0.154. The molecule has 9 nitrogen and oxygen atoms in total. The lowest BCUT2D eigenvalue weighted by Crippen LogP contribution is -2.54. The number of hydrogen-bond donors (Lipinski definition) is 3. The van der Waals surface area contributed by atoms with Crippen molar-refractivity contribution < 1.29 is 34.1 Å². The maximum absolute atomic E-state index is 13.2. The number of nitrogens with one attached hydrogen (secondary N) is 1. The smallest absolute Gasteiger partial charge is 0.335 e. The van der Waals surface area contributed by atoms with Gasteiger partial charge in [-0.1, -0.05) is 24.3 Å². The van der Waals surface area contributed by atoms with Crippen LogP contribution in [-0.4, -0.2) is 39.1 Å². The predicted molar refractivity (Wildman–Crippen MR) is 146 cm³/mol. The van der Waals surface area contributed by atoms with Crippen molar-refractivity contribution >= 4 is 75.4 Å². The SMILES string of the molecule is O=C1NC(=S)N(c2cccc(C(=O)O)c2)C(=O)C1=Cc1ccc(OCc2ccc(C(=O)O)cc2)c(I)c1. The maximum atomic E-state index is 13.2. The van der Waals surface area contributed by atoms with Crippen molar-refractivity contribution in [3.05, 3.63) is 98.1 Å². The molecule has 0 radical (unpaired) electrons. The fourth-order valence-electron chi connectivity index (χ4n) is 3.47. The van der Waals surface area contributed by atoms with E-state index in [0.717, 1.165) is 14.0 Å². The highest BCUT2D eigenvalue weighted by Gasteiger charge is 2.34. The van der Waals surface area contributed by atoms with Crippen LogP contribution in [0.1, 0.15) is 31.8 Å². The van der Waals surface area contributed by atoms with Gasteiger partial charge in [0, 0.05) is 0 Å². The number of ether oxygens (including phenoxy) is 1. The molecule has 3 aromatic carbocycles. The van der Waals surface area contributed by atoms with Crippen LogP contribution in [0.2, 0.25) is 0 Å². The van der Waals surface area contributed by atoms with E-state index in [-0.39, 0.29) is 34.1 Å². The summed E-state index contributed by atoms with van der Waals surface area (Å²) in [6.07, 6.45) is 1.42. The number of amides is 2. The summed E-state index contributed by atoms with van der Waals surface area (Å²) in [7, 11) is 0. The van der Waals surface area contributed by atoms with Crippen molar-refractivity contribution in [1.82, 2.24) is 5.32 Å². The average molecular weight is 628 g/mol. The molecule has 0 bridgehead atoms. The Labute approximate surface area is 229 Å². The number of anilines is 1. The number of carboxylic acid groups (broad SMARTS) is 2. The number of aromatic carboxylic acids is 2. The van der Waals surface area contributed by atoms with Crippen LogP contribution in [0.25, 0.3) is 6.08 Å². The van der Waals surface area contributed by atoms with Gasteiger partial charge < -0.3 is 14.9 Å². The van der Waals surface area contributed by atoms with Crippen LogP contribution in [0, 0.1) is 3.57 Å². The lowest BCUT2D eigenvalue weighted by atomic mass is 10.1. The van der Waals surface area contributed by atoms with Gasteiger partial charge in [0.15, 0.2) is 5.11 Å². The van der Waals surface area contributed by atoms with Crippen molar-refractivity contribution in [2.24, 2.45) is 0 Å². The maximum Gasteiger partial charge on any atom is 0.335 e. The minimum Gasteiger partial charge on any atom is -0.488 e. The lowest BCUT2D eigenvalue weighted by molar-refractivity contribution is -0.122. The highest BCUT2D eigenvalue weighted by molar-refractivity contribution is 14.1. The third kappa shape index (κ3) is 5.84. The van der Waals surface area contributed by atoms with Crippen molar-refractivity contribution in [3.8, 4) is 5.75 Å². The first-order valence-corrected chi connectivity index (χ1v) is 12.1. The van der Waals surface area contributed by atoms with Crippen molar-refractivity contribution in [1.29, 1.82) is 0 Å². The number of nitrogens with zero attached hydrogens (tertiary/aromatic N) is 1. The van der Waals surface area contributed by atoms with E-state index in [1.165, 1.54) is 42.5 Å². The van der Waals surface area contributed by atoms with Crippen LogP contribution in [0.3, 0.4) is 0 Å². The van der Waals surface area contributed by atoms with Gasteiger partial charge in [0.2, 0.25) is 0 Å². The first-order valence-electron chi connectivity index (χ1n) is 10.6. The second-order valence-electron chi connectivity index (χ2n) is 7.79. The van der Waals surface area contributed by atoms with Crippen LogP contribution in [0.15, 0.2) is 72.3 Å². The molecule has 3 N–H and O–H groups in total. The van der Waals surface area contributed by atoms with E-state index in [4.69, 9.17) is 22.1 Å². The third-order valence-electron chi connectivity index (χ3n) is 5.32. The Balaban J connectivity index is 1.54. The van der Waals surface area contributed by atoms with Crippen LogP contribution in [-0.2, 0) is 16.2 Å². The Morgan fingerprint density at radius 3 is 2.32 bits per heavy atom. The van der Waals surface area contributed by atoms with E-state index in [9.17, 15) is 24.3 Å². The molecule has 1 aliphatic heterocycles. The summed E-state index contributed by atoms with van der Waals surface area (Å²) < 4.78 is 6.56. The third-order valence-corrected chi connectivity index (χ3v) is 6.44. The van der Waals surface area contributed by atoms with E-state index in [2.05, 4.69) is 27.9 Å². The van der Waals surface area contributed by atoms with E-state index in [1.54, 1.807) is 30.3 Å². The summed E-state index contributed by atoms with van der Waals surface area (Å²) in [5.41, 5.74) is 1.56. The molecule has 1 aliphatic rings. The summed E-state index contributed by atoms with van der Waals surface area (Å²) >= 11 is 7.24. The minimum atomic E-state index is -1.16. The first-order chi connectivity index (χ1) is 17.6. The first kappa shape index (κ1) is 26.0. The van der Waals surface area contributed by atoms with E-state index in [1.807, 2.05) is 0 Å². The Morgan fingerprint density at radius 1 is 0.973 bits per heavy atom. The van der Waals surface area contributed by atoms with Gasteiger partial charge in [0.1, 0.15) is 17.9 Å². The van der Waals surface area contributed by atoms with E-state index >= 15 is 0 Å². The number of carboxylic acids is 2. The number of carbonyl (C=O) groups excluding carboxylic acids is 2. The van der Waals surface area contributed by atoms with Crippen LogP contribution in [0.5, 0.6) is 5.75 Å². The summed E-state index contributed by atoms with van der Waals surface area (Å²) in [6, 6.07) is 17.1. The molecule has 0 unspecified atom stereocenters. The molecule has 4 rings (SSSR count). The molecule has 0 aromatic heterocycles. The minimum absolute atomic E-state index is 0.0292. The average Bonchev–Trinajstić information content (AvgIpc) is 2.86. The van der Waals surface area contributed by atoms with E-state index < -0.39 is 23.8 Å². The van der Waals surface area contributed by atoms with E-state index in [0.29, 0.717) is 11.3 Å². The monoisotopic (exact) mass is 628 g/mol. The fraction of sp³-hybridized carbons (Fsp3) is 0.0385. The molecule has 186 valence electrons. The van der Waals surface area contributed by atoms with Gasteiger partial charge in [-0.05, 0) is 94.5 Å². The zero-order chi connectivity index (χ0) is 26.7. The second-order valence-corrected chi connectivity index (χ2v) is 9.34. The van der Waals surface area contributed by atoms with Gasteiger partial charge in [-0.2, -0.15) is 0 Å². The molecule has 11 heteroatoms. The summed E-state index contributed by atoms with van der Waals surface area (Å²) in [5, 5.41) is 20.6. The van der Waals surface area contributed by atoms with Crippen LogP contribution in [0.4, 0.5) is 5.69 Å². The number of carbonyl (C=O) groups is 4.